The smallest absolute Gasteiger partial charge is 0.237 e. The Bertz CT molecular complexity index is 305. The summed E-state index contributed by atoms with van der Waals surface area (Å²) in [5.74, 6) is 0.0209. The van der Waals surface area contributed by atoms with Crippen molar-refractivity contribution in [2.45, 2.75) is 71.4 Å². The van der Waals surface area contributed by atoms with Crippen molar-refractivity contribution in [1.29, 1.82) is 0 Å². The standard InChI is InChI=1S/C15H30N2O2/c1-5-11(2)12(16)13(18)17-10-15(19)8-6-14(3,4)7-9-15/h11-12,19H,5-10,16H2,1-4H3,(H,17,18)/t11?,12-/m0/s1. The molecule has 0 heterocycles. The van der Waals surface area contributed by atoms with E-state index in [1.807, 2.05) is 13.8 Å². The predicted molar refractivity (Wildman–Crippen MR) is 77.6 cm³/mol. The topological polar surface area (TPSA) is 75.4 Å². The molecule has 1 aliphatic rings. The van der Waals surface area contributed by atoms with Gasteiger partial charge >= 0.3 is 0 Å². The molecule has 0 spiro atoms. The predicted octanol–water partition coefficient (Wildman–Crippen LogP) is 1.81. The lowest BCUT2D eigenvalue weighted by Crippen LogP contribution is -2.51. The molecular formula is C15H30N2O2. The van der Waals surface area contributed by atoms with Crippen LogP contribution in [0.5, 0.6) is 0 Å². The fourth-order valence-corrected chi connectivity index (χ4v) is 2.45. The van der Waals surface area contributed by atoms with Gasteiger partial charge in [0.15, 0.2) is 0 Å². The Kier molecular flexibility index (Phi) is 5.39. The van der Waals surface area contributed by atoms with Gasteiger partial charge in [-0.05, 0) is 37.0 Å². The van der Waals surface area contributed by atoms with Gasteiger partial charge in [-0.3, -0.25) is 4.79 Å². The van der Waals surface area contributed by atoms with Crippen LogP contribution in [-0.2, 0) is 4.79 Å². The van der Waals surface area contributed by atoms with E-state index in [0.29, 0.717) is 12.0 Å². The lowest BCUT2D eigenvalue weighted by Gasteiger charge is -2.40. The van der Waals surface area contributed by atoms with Crippen molar-refractivity contribution in [1.82, 2.24) is 5.32 Å². The van der Waals surface area contributed by atoms with Crippen molar-refractivity contribution in [2.24, 2.45) is 17.1 Å². The summed E-state index contributed by atoms with van der Waals surface area (Å²) in [6.07, 6.45) is 4.37. The molecular weight excluding hydrogens is 240 g/mol. The third-order valence-electron chi connectivity index (χ3n) is 4.69. The zero-order valence-electron chi connectivity index (χ0n) is 12.8. The molecule has 2 atom stereocenters. The van der Waals surface area contributed by atoms with Crippen LogP contribution in [0.15, 0.2) is 0 Å². The molecule has 1 rings (SSSR count). The van der Waals surface area contributed by atoms with Crippen LogP contribution in [0.1, 0.15) is 59.8 Å². The minimum atomic E-state index is -0.750. The lowest BCUT2D eigenvalue weighted by atomic mass is 9.71. The van der Waals surface area contributed by atoms with Crippen LogP contribution in [0.3, 0.4) is 0 Å². The van der Waals surface area contributed by atoms with Crippen molar-refractivity contribution in [3.8, 4) is 0 Å². The third kappa shape index (κ3) is 4.77. The van der Waals surface area contributed by atoms with Gasteiger partial charge in [-0.2, -0.15) is 0 Å². The molecule has 4 N–H and O–H groups in total. The van der Waals surface area contributed by atoms with Crippen LogP contribution < -0.4 is 11.1 Å². The van der Waals surface area contributed by atoms with Crippen molar-refractivity contribution in [3.05, 3.63) is 0 Å². The fraction of sp³-hybridized carbons (Fsp3) is 0.933. The zero-order valence-corrected chi connectivity index (χ0v) is 12.8. The number of aliphatic hydroxyl groups is 1. The summed E-state index contributed by atoms with van der Waals surface area (Å²) in [7, 11) is 0. The Morgan fingerprint density at radius 3 is 2.32 bits per heavy atom. The second-order valence-electron chi connectivity index (χ2n) is 7.02. The molecule has 1 saturated carbocycles. The van der Waals surface area contributed by atoms with E-state index in [0.717, 1.165) is 32.1 Å². The van der Waals surface area contributed by atoms with E-state index in [1.165, 1.54) is 0 Å². The highest BCUT2D eigenvalue weighted by Crippen LogP contribution is 2.39. The molecule has 4 nitrogen and oxygen atoms in total. The average molecular weight is 270 g/mol. The minimum absolute atomic E-state index is 0.146. The first-order valence-corrected chi connectivity index (χ1v) is 7.45. The molecule has 112 valence electrons. The highest BCUT2D eigenvalue weighted by molar-refractivity contribution is 5.81. The molecule has 0 aromatic heterocycles. The second-order valence-corrected chi connectivity index (χ2v) is 7.02. The maximum atomic E-state index is 11.9. The van der Waals surface area contributed by atoms with Gasteiger partial charge in [0, 0.05) is 6.54 Å². The van der Waals surface area contributed by atoms with Gasteiger partial charge in [0.25, 0.3) is 0 Å². The summed E-state index contributed by atoms with van der Waals surface area (Å²) in [6.45, 7) is 8.77. The molecule has 19 heavy (non-hydrogen) atoms. The van der Waals surface area contributed by atoms with Crippen molar-refractivity contribution >= 4 is 5.91 Å². The quantitative estimate of drug-likeness (QED) is 0.713. The molecule has 1 unspecified atom stereocenters. The first-order chi connectivity index (χ1) is 8.69. The van der Waals surface area contributed by atoms with Crippen LogP contribution in [0.4, 0.5) is 0 Å². The second kappa shape index (κ2) is 6.23. The summed E-state index contributed by atoms with van der Waals surface area (Å²) in [4.78, 5) is 11.9. The molecule has 0 aliphatic heterocycles. The molecule has 0 aromatic rings. The molecule has 0 saturated heterocycles. The molecule has 1 fully saturated rings. The molecule has 1 aliphatic carbocycles. The molecule has 0 aromatic carbocycles. The van der Waals surface area contributed by atoms with Crippen molar-refractivity contribution in [2.75, 3.05) is 6.54 Å². The number of hydrogen-bond acceptors (Lipinski definition) is 3. The normalized spacial score (nSPS) is 24.5. The highest BCUT2D eigenvalue weighted by Gasteiger charge is 2.37. The third-order valence-corrected chi connectivity index (χ3v) is 4.69. The maximum Gasteiger partial charge on any atom is 0.237 e. The summed E-state index contributed by atoms with van der Waals surface area (Å²) >= 11 is 0. The number of amides is 1. The Hall–Kier alpha value is -0.610. The van der Waals surface area contributed by atoms with E-state index in [1.54, 1.807) is 0 Å². The van der Waals surface area contributed by atoms with Gasteiger partial charge < -0.3 is 16.2 Å². The number of carbonyl (C=O) groups excluding carboxylic acids is 1. The largest absolute Gasteiger partial charge is 0.388 e. The van der Waals surface area contributed by atoms with Crippen LogP contribution in [0.2, 0.25) is 0 Å². The number of nitrogens with two attached hydrogens (primary N) is 1. The van der Waals surface area contributed by atoms with Crippen molar-refractivity contribution in [3.63, 3.8) is 0 Å². The van der Waals surface area contributed by atoms with E-state index in [2.05, 4.69) is 19.2 Å². The summed E-state index contributed by atoms with van der Waals surface area (Å²) in [5, 5.41) is 13.3. The minimum Gasteiger partial charge on any atom is -0.388 e. The van der Waals surface area contributed by atoms with Crippen LogP contribution >= 0.6 is 0 Å². The van der Waals surface area contributed by atoms with Crippen LogP contribution in [-0.4, -0.2) is 29.2 Å². The van der Waals surface area contributed by atoms with E-state index in [9.17, 15) is 9.90 Å². The fourth-order valence-electron chi connectivity index (χ4n) is 2.45. The summed E-state index contributed by atoms with van der Waals surface area (Å²) in [5.41, 5.74) is 5.44. The average Bonchev–Trinajstić information content (AvgIpc) is 2.38. The number of hydrogen-bond donors (Lipinski definition) is 3. The summed E-state index contributed by atoms with van der Waals surface area (Å²) < 4.78 is 0. The Labute approximate surface area is 117 Å². The SMILES string of the molecule is CCC(C)[C@H](N)C(=O)NCC1(O)CCC(C)(C)CC1. The van der Waals surface area contributed by atoms with Gasteiger partial charge in [0.2, 0.25) is 5.91 Å². The van der Waals surface area contributed by atoms with E-state index in [4.69, 9.17) is 5.73 Å². The summed E-state index contributed by atoms with van der Waals surface area (Å²) in [6, 6.07) is -0.478. The Balaban J connectivity index is 2.42. The van der Waals surface area contributed by atoms with Gasteiger partial charge in [0.1, 0.15) is 0 Å². The first-order valence-electron chi connectivity index (χ1n) is 7.45. The van der Waals surface area contributed by atoms with Gasteiger partial charge in [0.05, 0.1) is 11.6 Å². The van der Waals surface area contributed by atoms with Gasteiger partial charge in [-0.25, -0.2) is 0 Å². The van der Waals surface area contributed by atoms with Gasteiger partial charge in [-0.1, -0.05) is 34.1 Å². The van der Waals surface area contributed by atoms with Crippen LogP contribution in [0.25, 0.3) is 0 Å². The van der Waals surface area contributed by atoms with E-state index < -0.39 is 11.6 Å². The maximum absolute atomic E-state index is 11.9. The monoisotopic (exact) mass is 270 g/mol. The highest BCUT2D eigenvalue weighted by atomic mass is 16.3. The lowest BCUT2D eigenvalue weighted by molar-refractivity contribution is -0.125. The number of rotatable bonds is 5. The zero-order chi connectivity index (χ0) is 14.7. The van der Waals surface area contributed by atoms with Gasteiger partial charge in [-0.15, -0.1) is 0 Å². The number of carbonyl (C=O) groups is 1. The molecule has 0 bridgehead atoms. The molecule has 0 radical (unpaired) electrons. The van der Waals surface area contributed by atoms with E-state index in [-0.39, 0.29) is 11.8 Å². The Morgan fingerprint density at radius 2 is 1.84 bits per heavy atom. The van der Waals surface area contributed by atoms with Crippen LogP contribution in [0, 0.1) is 11.3 Å². The Morgan fingerprint density at radius 1 is 1.32 bits per heavy atom. The number of nitrogens with one attached hydrogen (secondary N) is 1. The molecule has 1 amide bonds. The molecule has 4 heteroatoms. The first kappa shape index (κ1) is 16.4. The van der Waals surface area contributed by atoms with Crippen molar-refractivity contribution < 1.29 is 9.90 Å². The van der Waals surface area contributed by atoms with E-state index >= 15 is 0 Å².